The van der Waals surface area contributed by atoms with Gasteiger partial charge in [0.15, 0.2) is 50.3 Å². The van der Waals surface area contributed by atoms with Crippen LogP contribution in [0.3, 0.4) is 0 Å². The molecule has 0 radical (unpaired) electrons. The van der Waals surface area contributed by atoms with E-state index in [4.69, 9.17) is 109 Å². The summed E-state index contributed by atoms with van der Waals surface area (Å²) in [6.45, 7) is -4.99. The van der Waals surface area contributed by atoms with Gasteiger partial charge < -0.3 is 283 Å². The molecule has 11 saturated heterocycles. The third kappa shape index (κ3) is 27.1. The Hall–Kier alpha value is -5.22. The summed E-state index contributed by atoms with van der Waals surface area (Å²) < 4.78 is 137. The van der Waals surface area contributed by atoms with Gasteiger partial charge in [-0.15, -0.1) is 0 Å². The lowest BCUT2D eigenvalue weighted by molar-refractivity contribution is -0.424. The molecule has 63 nitrogen and oxygen atoms in total. The van der Waals surface area contributed by atoms with Gasteiger partial charge in [0.25, 0.3) is 12.9 Å². The lowest BCUT2D eigenvalue weighted by Gasteiger charge is -2.51. The van der Waals surface area contributed by atoms with Crippen molar-refractivity contribution in [1.29, 1.82) is 0 Å². The summed E-state index contributed by atoms with van der Waals surface area (Å²) in [6, 6.07) is -7.37. The first kappa shape index (κ1) is 121. The summed E-state index contributed by atoms with van der Waals surface area (Å²) in [5.41, 5.74) is 0. The summed E-state index contributed by atoms with van der Waals surface area (Å²) in [5, 5.41) is 349. The lowest BCUT2D eigenvalue weighted by Crippen LogP contribution is -2.71. The average molecular weight is 2140 g/mol. The molecule has 0 saturated carbocycles. The van der Waals surface area contributed by atoms with Crippen LogP contribution in [0.5, 0.6) is 0 Å². The highest BCUT2D eigenvalue weighted by molar-refractivity contribution is 5.74. The van der Waals surface area contributed by atoms with Gasteiger partial charge in [-0.2, -0.15) is 0 Å². The number of aliphatic hydroxyl groups excluding tert-OH is 30. The molecule has 0 spiro atoms. The molecule has 34 N–H and O–H groups in total. The fourth-order valence-electron chi connectivity index (χ4n) is 19.1. The molecule has 11 aliphatic heterocycles. The van der Waals surface area contributed by atoms with Crippen molar-refractivity contribution >= 4 is 36.6 Å². The Labute approximate surface area is 828 Å². The number of amides is 4. The lowest BCUT2D eigenvalue weighted by atomic mass is 9.87. The highest BCUT2D eigenvalue weighted by Crippen LogP contribution is 2.45. The molecule has 57 atom stereocenters. The second-order valence-corrected chi connectivity index (χ2v) is 37.4. The summed E-state index contributed by atoms with van der Waals surface area (Å²) in [7, 11) is 0. The zero-order valence-electron chi connectivity index (χ0n) is 79.4. The third-order valence-electron chi connectivity index (χ3n) is 27.3. The maximum Gasteiger partial charge on any atom is 0.332 e. The van der Waals surface area contributed by atoms with Crippen LogP contribution < -0.4 is 21.3 Å². The zero-order chi connectivity index (χ0) is 108. The smallest absolute Gasteiger partial charge is 0.332 e. The first-order valence-corrected chi connectivity index (χ1v) is 46.9. The number of rotatable bonds is 43. The van der Waals surface area contributed by atoms with Crippen LogP contribution >= 0.6 is 0 Å². The van der Waals surface area contributed by atoms with Gasteiger partial charge >= 0.3 is 11.9 Å². The van der Waals surface area contributed by atoms with Gasteiger partial charge in [0.05, 0.1) is 122 Å². The maximum absolute atomic E-state index is 13.3. The largest absolute Gasteiger partial charge is 0.410 e. The summed E-state index contributed by atoms with van der Waals surface area (Å²) >= 11 is 0. The first-order chi connectivity index (χ1) is 69.0. The third-order valence-corrected chi connectivity index (χ3v) is 27.3. The van der Waals surface area contributed by atoms with E-state index in [-0.39, 0.29) is 12.9 Å². The number of carbonyl (C=O) groups is 6. The van der Waals surface area contributed by atoms with Crippen LogP contribution in [0, 0.1) is 11.8 Å². The van der Waals surface area contributed by atoms with Crippen molar-refractivity contribution in [3.63, 3.8) is 0 Å². The molecule has 11 fully saturated rings. The normalized spacial score (nSPS) is 47.5. The average Bonchev–Trinajstić information content (AvgIpc) is 0.827. The molecule has 4 amide bonds. The summed E-state index contributed by atoms with van der Waals surface area (Å²) in [6.07, 6.45) is -105. The molecule has 11 rings (SSSR count). The molecule has 844 valence electrons. The molecular formula is C83H138N4O59. The number of hydrogen-bond donors (Lipinski definition) is 34. The van der Waals surface area contributed by atoms with Crippen molar-refractivity contribution in [3.8, 4) is 0 Å². The van der Waals surface area contributed by atoms with E-state index in [2.05, 4.69) is 21.3 Å². The first-order valence-electron chi connectivity index (χ1n) is 46.9. The second-order valence-electron chi connectivity index (χ2n) is 37.4. The molecule has 21 unspecified atom stereocenters. The summed E-state index contributed by atoms with van der Waals surface area (Å²) in [5.74, 6) is -11.2. The number of hydrogen-bond acceptors (Lipinski definition) is 59. The van der Waals surface area contributed by atoms with E-state index in [1.165, 1.54) is 20.8 Å². The Kier molecular flexibility index (Phi) is 43.8. The molecule has 0 aromatic carbocycles. The van der Waals surface area contributed by atoms with Crippen molar-refractivity contribution in [2.45, 2.75) is 398 Å². The second kappa shape index (κ2) is 52.8. The fraction of sp³-hybridized carbons (Fsp3) is 0.928. The van der Waals surface area contributed by atoms with E-state index in [0.717, 1.165) is 27.7 Å². The van der Waals surface area contributed by atoms with Gasteiger partial charge in [0.1, 0.15) is 238 Å². The van der Waals surface area contributed by atoms with E-state index in [1.54, 1.807) is 0 Å². The minimum atomic E-state index is -2.70. The van der Waals surface area contributed by atoms with Gasteiger partial charge in [-0.25, -0.2) is 0 Å². The standard InChI is InChI=1S/C83H138N4O59/c1-23-30(102)8-82(127-21-96,145-65(23)47(106)32(104)10-88)125-19-41-51(110)58(117)62(121)77(136-41)139-68-37(15-93)133-75(45(56(68)115)86-28(6)100)143-72-60(119)49(108)34(12-90)130-80(72)124-18-40-53(112)71(64(123)79(135-40)141-70-39(17-95)132-74(44(55(70)114)85-27(5)99)138-67-36(14-92)129-25(3)43(54(67)113)84-26(4)98)142-81-73(61(120)50(109)35(13-91)131-81)144-76-46(87-29(7)101)57(116)69(38(16-94)134-76)140-78-63(122)59(118)52(111)42(137-78)20-126-83(128-22-97)9-31(103)24(2)66(146-83)48(107)33(105)11-89/h21-25,30-81,88-95,102-123H,8-20H2,1-7H3,(H,84,98)(H,85,99)(H,86,100)(H,87,101)/t23-,24-,25+,30+,31+,32+,33+,34?,35?,36?,37-,38?,39?,40?,41?,42?,43?,44?,45?,46?,47-,48-,49+,50+,51+,52+,53+,54-,55-,56?,57-,58+,59?,60+,61?,62?,63-,64?,65?,66?,67+,68-,69+,70+,71+,72?,73?,74+,75-,76+,77+,78+,79+,80-,81+,82+,83+/m1/s1. The van der Waals surface area contributed by atoms with Crippen LogP contribution in [0.4, 0.5) is 0 Å². The number of aliphatic hydroxyl groups is 30. The Morgan fingerprint density at radius 3 is 0.932 bits per heavy atom. The van der Waals surface area contributed by atoms with Gasteiger partial charge in [-0.05, 0) is 6.92 Å². The zero-order valence-corrected chi connectivity index (χ0v) is 79.4. The van der Waals surface area contributed by atoms with E-state index in [1.807, 2.05) is 0 Å². The van der Waals surface area contributed by atoms with E-state index >= 15 is 0 Å². The Balaban J connectivity index is 0.887. The summed E-state index contributed by atoms with van der Waals surface area (Å²) in [4.78, 5) is 76.0. The topological polar surface area (TPSA) is 970 Å². The van der Waals surface area contributed by atoms with Crippen LogP contribution in [0.25, 0.3) is 0 Å². The molecule has 146 heavy (non-hydrogen) atoms. The molecule has 0 aromatic heterocycles. The molecular weight excluding hydrogens is 2000 g/mol. The number of carbonyl (C=O) groups excluding carboxylic acids is 6. The molecule has 0 bridgehead atoms. The van der Waals surface area contributed by atoms with Gasteiger partial charge in [0, 0.05) is 39.5 Å². The van der Waals surface area contributed by atoms with E-state index in [9.17, 15) is 182 Å². The predicted molar refractivity (Wildman–Crippen MR) is 452 cm³/mol. The van der Waals surface area contributed by atoms with Crippen molar-refractivity contribution in [3.05, 3.63) is 0 Å². The van der Waals surface area contributed by atoms with Crippen molar-refractivity contribution in [2.75, 3.05) is 72.7 Å². The van der Waals surface area contributed by atoms with Crippen LogP contribution in [-0.2, 0) is 138 Å². The predicted octanol–water partition coefficient (Wildman–Crippen LogP) is -22.3. The Bertz CT molecular complexity index is 4070. The van der Waals surface area contributed by atoms with E-state index in [0.29, 0.717) is 0 Å². The van der Waals surface area contributed by atoms with Gasteiger partial charge in [0.2, 0.25) is 23.6 Å². The van der Waals surface area contributed by atoms with Gasteiger partial charge in [-0.1, -0.05) is 13.8 Å². The van der Waals surface area contributed by atoms with Gasteiger partial charge in [-0.3, -0.25) is 28.8 Å². The van der Waals surface area contributed by atoms with E-state index < -0.39 is 458 Å². The molecule has 63 heteroatoms. The SMILES string of the molecule is CC(=O)NC1C(O)[C@H](O[C@@H]2OC(CO[C@]3(OC=O)C[C@H](O)[C@@H](C)C([C@H](O)[C@@H](O)CO)O3)[C@H](O)[C@H](O)C2O)[C@@H](CO)O[C@@H]1OC1[C@H](OCC2O[C@@H](O[C@H]3C(CO)O[C@@H](O[C@H]4C(CO)O[C@@H](C)C(NC(C)=O)[C@H]4O)C(NC(C)=O)[C@H]3O)C(O)[C@@H](O[C@@H]3OC(CO)[C@H](O)C(O)C3O[C@@H]3OC(CO)[C@H](O[C@@H]4OC(CO[C@]5(OC=O)C[C@H](O)[C@@H](C)C([C@H](O)[C@@H](O)CO)O5)[C@H](O)C(O)[C@H]4O)[C@H](O)C3NC(C)=O)[C@H]2O)OC(CO)[C@H](O)[C@@H]1O. The fourth-order valence-corrected chi connectivity index (χ4v) is 19.1. The van der Waals surface area contributed by atoms with Crippen LogP contribution in [0.1, 0.15) is 61.3 Å². The molecule has 0 aromatic rings. The van der Waals surface area contributed by atoms with Crippen molar-refractivity contribution in [2.24, 2.45) is 11.8 Å². The quantitative estimate of drug-likeness (QED) is 0.0199. The highest BCUT2D eigenvalue weighted by atomic mass is 16.9. The molecule has 0 aliphatic carbocycles. The highest BCUT2D eigenvalue weighted by Gasteiger charge is 2.64. The Morgan fingerprint density at radius 1 is 0.308 bits per heavy atom. The van der Waals surface area contributed by atoms with Crippen LogP contribution in [-0.4, -0.2) is 599 Å². The van der Waals surface area contributed by atoms with Crippen LogP contribution in [0.2, 0.25) is 0 Å². The van der Waals surface area contributed by atoms with Crippen molar-refractivity contribution in [1.82, 2.24) is 21.3 Å². The molecule has 11 heterocycles. The molecule has 11 aliphatic rings. The Morgan fingerprint density at radius 2 is 0.589 bits per heavy atom. The number of ether oxygens (including phenoxy) is 23. The monoisotopic (exact) mass is 2130 g/mol. The van der Waals surface area contributed by atoms with Crippen molar-refractivity contribution < 1.29 is 291 Å². The number of nitrogens with one attached hydrogen (secondary N) is 4. The minimum Gasteiger partial charge on any atom is -0.410 e. The maximum atomic E-state index is 13.3. The minimum absolute atomic E-state index is 0.202. The van der Waals surface area contributed by atoms with Crippen LogP contribution in [0.15, 0.2) is 0 Å².